The Morgan fingerprint density at radius 1 is 0.429 bits per heavy atom. The van der Waals surface area contributed by atoms with Crippen LogP contribution in [-0.4, -0.2) is 139 Å². The molecule has 0 bridgehead atoms. The summed E-state index contributed by atoms with van der Waals surface area (Å²) < 4.78 is 130. The van der Waals surface area contributed by atoms with Crippen LogP contribution >= 0.6 is 0 Å². The maximum absolute atomic E-state index is 12.8. The largest absolute Gasteiger partial charge is 1.00 e. The summed E-state index contributed by atoms with van der Waals surface area (Å²) in [5.41, 5.74) is 2.81. The SMILES string of the molecule is C1CCOC1.CS(=O)(=O)[C-](S(=O)(=O)C1CCCCC1)S(=O)(=O)C1CCCCC1.C[N+](C)(C)Cc1ccccc1.C[N+](C)(C)Cc1ccccc1.O=S(=O)(CS(=O)(=O)C1CCCCC1)C1CCCCC1.[Cl-]. The second-order valence-electron chi connectivity index (χ2n) is 21.8. The average molecular weight is 1100 g/mol. The van der Waals surface area contributed by atoms with Gasteiger partial charge in [0.1, 0.15) is 13.1 Å². The standard InChI is InChI=1S/C14H25O6S3.C13H24O4S2.2C10H16N.C4H8O.ClH/c1-21(15,16)14(22(17,18)12-8-4-2-5-9-12)23(19,20)13-10-6-3-7-11-13;14-18(15,12-7-3-1-4-8-12)11-19(16,17)13-9-5-2-6-10-13;2*1-11(2,3)9-10-7-5-4-6-8-10;1-2-4-5-3-1;/h12-13H,2-11H2,1H3;12-13H,1-11H2;2*4-8H,9H2,1-3H3;1-4H2;1H/q-1;;2*+1;;/p-1. The maximum atomic E-state index is 12.8. The monoisotopic (exact) mass is 1100 g/mol. The van der Waals surface area contributed by atoms with E-state index in [1.54, 1.807) is 0 Å². The van der Waals surface area contributed by atoms with Crippen LogP contribution < -0.4 is 12.4 Å². The van der Waals surface area contributed by atoms with Gasteiger partial charge in [-0.05, 0) is 64.2 Å². The number of ether oxygens (including phenoxy) is 1. The molecule has 0 amide bonds. The first-order valence-corrected chi connectivity index (χ1v) is 33.8. The zero-order valence-electron chi connectivity index (χ0n) is 43.5. The van der Waals surface area contributed by atoms with E-state index in [0.717, 1.165) is 86.6 Å². The van der Waals surface area contributed by atoms with Crippen molar-refractivity contribution >= 4 is 49.2 Å². The summed E-state index contributed by atoms with van der Waals surface area (Å²) in [5.74, 6) is 0. The van der Waals surface area contributed by atoms with Gasteiger partial charge in [0.05, 0.1) is 82.3 Å². The van der Waals surface area contributed by atoms with E-state index in [9.17, 15) is 42.1 Å². The normalized spacial score (nSPS) is 19.6. The van der Waals surface area contributed by atoms with Crippen molar-refractivity contribution < 1.29 is 68.2 Å². The minimum atomic E-state index is -4.35. The first-order chi connectivity index (χ1) is 32.2. The van der Waals surface area contributed by atoms with Gasteiger partial charge in [0.2, 0.25) is 0 Å². The lowest BCUT2D eigenvalue weighted by atomic mass is 10.0. The van der Waals surface area contributed by atoms with Crippen LogP contribution in [0.25, 0.3) is 0 Å². The van der Waals surface area contributed by atoms with Gasteiger partial charge in [-0.3, -0.25) is 25.3 Å². The second-order valence-corrected chi connectivity index (χ2v) is 33.8. The molecular weight excluding hydrogens is 1010 g/mol. The third-order valence-corrected chi connectivity index (χ3v) is 27.5. The molecule has 0 aromatic heterocycles. The molecule has 13 nitrogen and oxygen atoms in total. The Bertz CT molecular complexity index is 2180. The number of hydrogen-bond donors (Lipinski definition) is 0. The Balaban J connectivity index is 0.000000320. The number of rotatable bonds is 13. The number of benzene rings is 2. The second kappa shape index (κ2) is 30.0. The molecular formula is C51H89ClN2O11S5. The van der Waals surface area contributed by atoms with Crippen LogP contribution in [0, 0.1) is 3.91 Å². The lowest BCUT2D eigenvalue weighted by Gasteiger charge is -2.38. The van der Waals surface area contributed by atoms with E-state index in [2.05, 4.69) is 103 Å². The van der Waals surface area contributed by atoms with Crippen LogP contribution in [0.3, 0.4) is 0 Å². The predicted molar refractivity (Wildman–Crippen MR) is 283 cm³/mol. The third kappa shape index (κ3) is 23.7. The van der Waals surface area contributed by atoms with Crippen molar-refractivity contribution in [2.45, 2.75) is 175 Å². The Morgan fingerprint density at radius 2 is 0.700 bits per heavy atom. The van der Waals surface area contributed by atoms with E-state index in [-0.39, 0.29) is 12.4 Å². The molecule has 0 atom stereocenters. The Hall–Kier alpha value is -1.64. The highest BCUT2D eigenvalue weighted by molar-refractivity contribution is 8.29. The molecule has 1 heterocycles. The molecule has 5 aliphatic rings. The smallest absolute Gasteiger partial charge is 0.167 e. The van der Waals surface area contributed by atoms with Crippen LogP contribution in [0.15, 0.2) is 60.7 Å². The van der Waals surface area contributed by atoms with Crippen molar-refractivity contribution in [2.75, 3.05) is 66.8 Å². The molecule has 7 rings (SSSR count). The molecule has 2 aromatic rings. The molecule has 5 fully saturated rings. The summed E-state index contributed by atoms with van der Waals surface area (Å²) in [6.45, 7) is 4.20. The fraction of sp³-hybridized carbons (Fsp3) is 0.745. The summed E-state index contributed by atoms with van der Waals surface area (Å²) in [4.78, 5) is 0. The lowest BCUT2D eigenvalue weighted by Crippen LogP contribution is -3.00. The van der Waals surface area contributed by atoms with Crippen molar-refractivity contribution in [1.29, 1.82) is 0 Å². The topological polar surface area (TPSA) is 180 Å². The highest BCUT2D eigenvalue weighted by Crippen LogP contribution is 2.39. The minimum Gasteiger partial charge on any atom is -1.00 e. The fourth-order valence-electron chi connectivity index (χ4n) is 9.65. The van der Waals surface area contributed by atoms with Gasteiger partial charge in [0, 0.05) is 45.0 Å². The zero-order valence-corrected chi connectivity index (χ0v) is 48.3. The predicted octanol–water partition coefficient (Wildman–Crippen LogP) is 6.00. The molecule has 0 radical (unpaired) electrons. The van der Waals surface area contributed by atoms with Crippen LogP contribution in [0.5, 0.6) is 0 Å². The number of sulfone groups is 5. The van der Waals surface area contributed by atoms with E-state index in [4.69, 9.17) is 4.74 Å². The van der Waals surface area contributed by atoms with Crippen molar-refractivity contribution in [3.63, 3.8) is 0 Å². The molecule has 4 aliphatic carbocycles. The van der Waals surface area contributed by atoms with Gasteiger partial charge in [0.15, 0.2) is 24.8 Å². The van der Waals surface area contributed by atoms with Gasteiger partial charge in [-0.1, -0.05) is 138 Å². The summed E-state index contributed by atoms with van der Waals surface area (Å²) in [6.07, 6.45) is 17.5. The lowest BCUT2D eigenvalue weighted by molar-refractivity contribution is -0.884. The van der Waals surface area contributed by atoms with Crippen molar-refractivity contribution in [3.8, 4) is 0 Å². The molecule has 406 valence electrons. The van der Waals surface area contributed by atoms with Gasteiger partial charge < -0.3 is 26.1 Å². The molecule has 19 heteroatoms. The zero-order chi connectivity index (χ0) is 51.4. The highest BCUT2D eigenvalue weighted by Gasteiger charge is 2.42. The number of halogens is 1. The van der Waals surface area contributed by atoms with Gasteiger partial charge in [-0.25, -0.2) is 16.8 Å². The molecule has 1 saturated heterocycles. The quantitative estimate of drug-likeness (QED) is 0.170. The first kappa shape index (κ1) is 64.5. The molecule has 70 heavy (non-hydrogen) atoms. The number of quaternary nitrogens is 2. The Morgan fingerprint density at radius 3 is 0.929 bits per heavy atom. The van der Waals surface area contributed by atoms with Crippen molar-refractivity contribution in [3.05, 3.63) is 75.7 Å². The average Bonchev–Trinajstić information content (AvgIpc) is 3.88. The summed E-state index contributed by atoms with van der Waals surface area (Å²) in [6, 6.07) is 21.1. The molecule has 0 unspecified atom stereocenters. The maximum Gasteiger partial charge on any atom is 0.167 e. The molecule has 1 aliphatic heterocycles. The molecule has 0 N–H and O–H groups in total. The van der Waals surface area contributed by atoms with Crippen LogP contribution in [-0.2, 0) is 67.0 Å². The summed E-state index contributed by atoms with van der Waals surface area (Å²) in [7, 11) is -6.78. The van der Waals surface area contributed by atoms with E-state index in [0.29, 0.717) is 83.3 Å². The summed E-state index contributed by atoms with van der Waals surface area (Å²) >= 11 is 0. The van der Waals surface area contributed by atoms with Gasteiger partial charge >= 0.3 is 0 Å². The van der Waals surface area contributed by atoms with Gasteiger partial charge in [-0.2, -0.15) is 0 Å². The van der Waals surface area contributed by atoms with E-state index in [1.807, 2.05) is 0 Å². The van der Waals surface area contributed by atoms with Crippen LogP contribution in [0.4, 0.5) is 0 Å². The molecule has 2 aromatic carbocycles. The minimum absolute atomic E-state index is 0. The van der Waals surface area contributed by atoms with Crippen LogP contribution in [0.2, 0.25) is 0 Å². The Labute approximate surface area is 432 Å². The molecule has 0 spiro atoms. The van der Waals surface area contributed by atoms with E-state index in [1.165, 1.54) is 24.0 Å². The van der Waals surface area contributed by atoms with Crippen LogP contribution in [0.1, 0.15) is 152 Å². The molecule has 4 saturated carbocycles. The number of nitrogens with zero attached hydrogens (tertiary/aromatic N) is 2. The number of hydrogen-bond acceptors (Lipinski definition) is 11. The van der Waals surface area contributed by atoms with Gasteiger partial charge in [-0.15, -0.1) is 0 Å². The first-order valence-electron chi connectivity index (χ1n) is 25.4. The summed E-state index contributed by atoms with van der Waals surface area (Å²) in [5, 5.41) is -3.23. The highest BCUT2D eigenvalue weighted by atomic mass is 35.5. The fourth-order valence-corrected chi connectivity index (χ4v) is 23.9. The van der Waals surface area contributed by atoms with Crippen molar-refractivity contribution in [1.82, 2.24) is 0 Å². The Kier molecular flexibility index (Phi) is 27.7. The third-order valence-electron chi connectivity index (χ3n) is 13.0. The van der Waals surface area contributed by atoms with Crippen molar-refractivity contribution in [2.24, 2.45) is 0 Å². The van der Waals surface area contributed by atoms with E-state index >= 15 is 0 Å². The van der Waals surface area contributed by atoms with E-state index < -0.39 is 79.2 Å². The van der Waals surface area contributed by atoms with Gasteiger partial charge in [0.25, 0.3) is 0 Å².